The molecule has 0 fully saturated rings. The Labute approximate surface area is 263 Å². The molecule has 0 N–H and O–H groups in total. The normalized spacial score (nSPS) is 13.0. The van der Waals surface area contributed by atoms with Crippen LogP contribution in [0.5, 0.6) is 23.0 Å². The first-order valence-electron chi connectivity index (χ1n) is 15.1. The Kier molecular flexibility index (Phi) is 7.48. The third kappa shape index (κ3) is 5.51. The Morgan fingerprint density at radius 2 is 0.956 bits per heavy atom. The Morgan fingerprint density at radius 1 is 0.533 bits per heavy atom. The second-order valence-electron chi connectivity index (χ2n) is 11.4. The first-order valence-corrected chi connectivity index (χ1v) is 15.1. The summed E-state index contributed by atoms with van der Waals surface area (Å²) in [5.74, 6) is 3.36. The Morgan fingerprint density at radius 3 is 1.36 bits per heavy atom. The first kappa shape index (κ1) is 28.3. The number of hydrogen-bond acceptors (Lipinski definition) is 4. The molecule has 6 aromatic carbocycles. The largest absolute Gasteiger partial charge is 0.497 e. The third-order valence-corrected chi connectivity index (χ3v) is 8.55. The van der Waals surface area contributed by atoms with Gasteiger partial charge in [0, 0.05) is 11.1 Å². The van der Waals surface area contributed by atoms with Crippen molar-refractivity contribution in [1.82, 2.24) is 0 Å². The maximum absolute atomic E-state index is 6.15. The molecule has 0 saturated heterocycles. The molecule has 222 valence electrons. The molecule has 0 spiro atoms. The van der Waals surface area contributed by atoms with Gasteiger partial charge < -0.3 is 18.9 Å². The Bertz CT molecular complexity index is 1950. The number of benzene rings is 6. The molecular weight excluding hydrogens is 556 g/mol. The molecule has 0 atom stereocenters. The van der Waals surface area contributed by atoms with Crippen LogP contribution < -0.4 is 18.9 Å². The van der Waals surface area contributed by atoms with Gasteiger partial charge in [-0.05, 0) is 117 Å². The number of ether oxygens (including phenoxy) is 4. The molecule has 45 heavy (non-hydrogen) atoms. The van der Waals surface area contributed by atoms with E-state index in [-0.39, 0.29) is 6.79 Å². The van der Waals surface area contributed by atoms with Crippen LogP contribution in [0, 0.1) is 0 Å². The summed E-state index contributed by atoms with van der Waals surface area (Å²) in [6.07, 6.45) is 4.40. The molecule has 1 aliphatic heterocycles. The Balaban J connectivity index is 1.30. The lowest BCUT2D eigenvalue weighted by atomic mass is 9.90. The summed E-state index contributed by atoms with van der Waals surface area (Å²) in [7, 11) is 3.37. The molecule has 0 aliphatic carbocycles. The van der Waals surface area contributed by atoms with Crippen LogP contribution >= 0.6 is 0 Å². The van der Waals surface area contributed by atoms with E-state index in [4.69, 9.17) is 18.9 Å². The predicted molar refractivity (Wildman–Crippen MR) is 186 cm³/mol. The van der Waals surface area contributed by atoms with Gasteiger partial charge >= 0.3 is 0 Å². The van der Waals surface area contributed by atoms with Gasteiger partial charge in [-0.15, -0.1) is 0 Å². The van der Waals surface area contributed by atoms with Gasteiger partial charge in [0.05, 0.1) is 14.2 Å². The molecule has 0 saturated carbocycles. The van der Waals surface area contributed by atoms with Crippen LogP contribution in [0.2, 0.25) is 0 Å². The van der Waals surface area contributed by atoms with E-state index in [1.807, 2.05) is 24.3 Å². The molecule has 6 aromatic rings. The summed E-state index contributed by atoms with van der Waals surface area (Å²) in [6, 6.07) is 38.0. The highest BCUT2D eigenvalue weighted by molar-refractivity contribution is 6.11. The van der Waals surface area contributed by atoms with Crippen LogP contribution in [0.3, 0.4) is 0 Å². The summed E-state index contributed by atoms with van der Waals surface area (Å²) in [6.45, 7) is 4.47. The van der Waals surface area contributed by atoms with Crippen LogP contribution in [-0.2, 0) is 0 Å². The average molecular weight is 591 g/mol. The van der Waals surface area contributed by atoms with Crippen molar-refractivity contribution in [2.45, 2.75) is 13.8 Å². The minimum atomic E-state index is 0.167. The van der Waals surface area contributed by atoms with E-state index in [1.54, 1.807) is 14.2 Å². The maximum Gasteiger partial charge on any atom is 0.230 e. The highest BCUT2D eigenvalue weighted by Gasteiger charge is 2.22. The predicted octanol–water partition coefficient (Wildman–Crippen LogP) is 10.5. The summed E-state index contributed by atoms with van der Waals surface area (Å²) >= 11 is 0. The van der Waals surface area contributed by atoms with Crippen molar-refractivity contribution in [3.05, 3.63) is 131 Å². The highest BCUT2D eigenvalue weighted by atomic mass is 16.7. The van der Waals surface area contributed by atoms with Gasteiger partial charge in [-0.1, -0.05) is 72.8 Å². The second-order valence-corrected chi connectivity index (χ2v) is 11.4. The Hall–Kier alpha value is -5.48. The van der Waals surface area contributed by atoms with E-state index < -0.39 is 0 Å². The standard InChI is InChI=1S/C41H34O4/c1-26(21-28-5-13-34(42-3)14-6-28)30-9-17-36-32(23-30)11-19-38-40(36)41-37-18-10-31(24-33(37)12-20-39(41)45-25-44-38)27(2)22-29-7-15-35(43-4)16-8-29/h5-24H,25H2,1-4H3/b26-21-,27-22-. The molecule has 0 unspecified atom stereocenters. The molecule has 0 aromatic heterocycles. The first-order chi connectivity index (χ1) is 22.0. The molecule has 1 heterocycles. The molecule has 0 bridgehead atoms. The number of rotatable bonds is 6. The highest BCUT2D eigenvalue weighted by Crippen LogP contribution is 2.47. The van der Waals surface area contributed by atoms with Crippen molar-refractivity contribution in [3.63, 3.8) is 0 Å². The minimum absolute atomic E-state index is 0.167. The third-order valence-electron chi connectivity index (χ3n) is 8.55. The zero-order valence-corrected chi connectivity index (χ0v) is 25.9. The maximum atomic E-state index is 6.15. The summed E-state index contributed by atoms with van der Waals surface area (Å²) < 4.78 is 22.9. The van der Waals surface area contributed by atoms with Gasteiger partial charge in [0.2, 0.25) is 6.79 Å². The zero-order chi connectivity index (χ0) is 30.9. The van der Waals surface area contributed by atoms with Crippen LogP contribution in [0.1, 0.15) is 36.1 Å². The van der Waals surface area contributed by atoms with Crippen molar-refractivity contribution < 1.29 is 18.9 Å². The van der Waals surface area contributed by atoms with Crippen molar-refractivity contribution in [2.24, 2.45) is 0 Å². The summed E-state index contributed by atoms with van der Waals surface area (Å²) in [5, 5.41) is 4.56. The average Bonchev–Trinajstić information content (AvgIpc) is 3.28. The van der Waals surface area contributed by atoms with Gasteiger partial charge in [0.25, 0.3) is 0 Å². The molecule has 1 aliphatic rings. The fourth-order valence-corrected chi connectivity index (χ4v) is 6.09. The van der Waals surface area contributed by atoms with Gasteiger partial charge in [-0.25, -0.2) is 0 Å². The fourth-order valence-electron chi connectivity index (χ4n) is 6.09. The van der Waals surface area contributed by atoms with Crippen LogP contribution in [0.4, 0.5) is 0 Å². The van der Waals surface area contributed by atoms with Crippen LogP contribution in [-0.4, -0.2) is 21.0 Å². The topological polar surface area (TPSA) is 36.9 Å². The van der Waals surface area contributed by atoms with E-state index in [1.165, 1.54) is 22.3 Å². The number of fused-ring (bicyclic) bond motifs is 7. The van der Waals surface area contributed by atoms with E-state index in [0.717, 1.165) is 66.8 Å². The van der Waals surface area contributed by atoms with Gasteiger partial charge in [0.15, 0.2) is 0 Å². The van der Waals surface area contributed by atoms with Gasteiger partial charge in [-0.3, -0.25) is 0 Å². The van der Waals surface area contributed by atoms with E-state index in [2.05, 4.69) is 111 Å². The molecular formula is C41H34O4. The molecule has 0 radical (unpaired) electrons. The molecule has 7 rings (SSSR count). The fraction of sp³-hybridized carbons (Fsp3) is 0.122. The van der Waals surface area contributed by atoms with Crippen molar-refractivity contribution in [3.8, 4) is 34.1 Å². The smallest absolute Gasteiger partial charge is 0.230 e. The quantitative estimate of drug-likeness (QED) is 0.181. The van der Waals surface area contributed by atoms with Crippen molar-refractivity contribution in [2.75, 3.05) is 21.0 Å². The SMILES string of the molecule is COc1ccc(/C=C(/C)c2ccc3c4c(ccc3c2)OCOc2ccc3cc(/C(C)=C\c5ccc(OC)cc5)ccc3c2-4)cc1. The lowest BCUT2D eigenvalue weighted by Crippen LogP contribution is -2.03. The number of hydrogen-bond donors (Lipinski definition) is 0. The van der Waals surface area contributed by atoms with Crippen LogP contribution in [0.15, 0.2) is 109 Å². The lowest BCUT2D eigenvalue weighted by Gasteiger charge is -2.15. The van der Waals surface area contributed by atoms with E-state index in [9.17, 15) is 0 Å². The van der Waals surface area contributed by atoms with Crippen molar-refractivity contribution in [1.29, 1.82) is 0 Å². The monoisotopic (exact) mass is 590 g/mol. The van der Waals surface area contributed by atoms with E-state index in [0.29, 0.717) is 0 Å². The number of allylic oxidation sites excluding steroid dienone is 2. The molecule has 0 amide bonds. The van der Waals surface area contributed by atoms with Gasteiger partial charge in [-0.2, -0.15) is 0 Å². The second kappa shape index (κ2) is 11.9. The summed E-state index contributed by atoms with van der Waals surface area (Å²) in [5.41, 5.74) is 9.11. The lowest BCUT2D eigenvalue weighted by molar-refractivity contribution is 0.125. The molecule has 4 nitrogen and oxygen atoms in total. The van der Waals surface area contributed by atoms with Gasteiger partial charge in [0.1, 0.15) is 23.0 Å². The summed E-state index contributed by atoms with van der Waals surface area (Å²) in [4.78, 5) is 0. The minimum Gasteiger partial charge on any atom is -0.497 e. The molecule has 4 heteroatoms. The zero-order valence-electron chi connectivity index (χ0n) is 25.9. The van der Waals surface area contributed by atoms with E-state index >= 15 is 0 Å². The van der Waals surface area contributed by atoms with Crippen molar-refractivity contribution >= 4 is 44.8 Å². The van der Waals surface area contributed by atoms with Crippen LogP contribution in [0.25, 0.3) is 56.0 Å². The number of methoxy groups -OCH3 is 2.